The van der Waals surface area contributed by atoms with Crippen molar-refractivity contribution in [2.24, 2.45) is 0 Å². The van der Waals surface area contributed by atoms with Gasteiger partial charge in [-0.15, -0.1) is 0 Å². The predicted octanol–water partition coefficient (Wildman–Crippen LogP) is 1.76. The molecule has 3 rings (SSSR count). The second-order valence-corrected chi connectivity index (χ2v) is 7.59. The highest BCUT2D eigenvalue weighted by Crippen LogP contribution is 2.19. The first kappa shape index (κ1) is 18.6. The van der Waals surface area contributed by atoms with E-state index in [4.69, 9.17) is 4.74 Å². The summed E-state index contributed by atoms with van der Waals surface area (Å²) < 4.78 is 31.3. The molecule has 2 aromatic heterocycles. The van der Waals surface area contributed by atoms with Crippen LogP contribution in [0.4, 0.5) is 0 Å². The Hall–Kier alpha value is -3.20. The standard InChI is InChI=1S/C18H18N4O4S/c1-13-9-20-15(10-19-13)11-21-18(23)14-7-8-22(12-14)27(24,25)17-5-3-16(26-2)4-6-17/h3-10,12H,11H2,1-2H3,(H,21,23). The Balaban J connectivity index is 1.72. The summed E-state index contributed by atoms with van der Waals surface area (Å²) in [7, 11) is -2.29. The van der Waals surface area contributed by atoms with Gasteiger partial charge in [-0.05, 0) is 37.3 Å². The Morgan fingerprint density at radius 1 is 1.15 bits per heavy atom. The molecule has 0 aliphatic heterocycles. The Labute approximate surface area is 156 Å². The summed E-state index contributed by atoms with van der Waals surface area (Å²) in [6.07, 6.45) is 5.80. The van der Waals surface area contributed by atoms with Crippen LogP contribution >= 0.6 is 0 Å². The fraction of sp³-hybridized carbons (Fsp3) is 0.167. The van der Waals surface area contributed by atoms with E-state index in [0.717, 1.165) is 9.67 Å². The minimum absolute atomic E-state index is 0.0980. The van der Waals surface area contributed by atoms with E-state index in [0.29, 0.717) is 11.4 Å². The van der Waals surface area contributed by atoms with E-state index in [1.807, 2.05) is 6.92 Å². The highest BCUT2D eigenvalue weighted by atomic mass is 32.2. The number of methoxy groups -OCH3 is 1. The molecule has 0 saturated carbocycles. The third-order valence-corrected chi connectivity index (χ3v) is 5.48. The molecule has 2 heterocycles. The summed E-state index contributed by atoms with van der Waals surface area (Å²) in [6.45, 7) is 2.02. The Bertz CT molecular complexity index is 1040. The first-order valence-corrected chi connectivity index (χ1v) is 9.47. The maximum absolute atomic E-state index is 12.7. The lowest BCUT2D eigenvalue weighted by molar-refractivity contribution is 0.0950. The third kappa shape index (κ3) is 4.14. The molecule has 27 heavy (non-hydrogen) atoms. The molecule has 1 aromatic carbocycles. The zero-order valence-electron chi connectivity index (χ0n) is 14.8. The molecule has 3 aromatic rings. The van der Waals surface area contributed by atoms with Crippen LogP contribution in [0.3, 0.4) is 0 Å². The predicted molar refractivity (Wildman–Crippen MR) is 97.9 cm³/mol. The molecule has 0 atom stereocenters. The van der Waals surface area contributed by atoms with E-state index in [9.17, 15) is 13.2 Å². The number of nitrogens with one attached hydrogen (secondary N) is 1. The maximum atomic E-state index is 12.7. The van der Waals surface area contributed by atoms with Gasteiger partial charge in [0.1, 0.15) is 5.75 Å². The minimum atomic E-state index is -3.79. The SMILES string of the molecule is COc1ccc(S(=O)(=O)n2ccc(C(=O)NCc3cnc(C)cn3)c2)cc1. The highest BCUT2D eigenvalue weighted by Gasteiger charge is 2.18. The van der Waals surface area contributed by atoms with Crippen molar-refractivity contribution in [2.45, 2.75) is 18.4 Å². The summed E-state index contributed by atoms with van der Waals surface area (Å²) in [6, 6.07) is 7.46. The number of carbonyl (C=O) groups excluding carboxylic acids is 1. The lowest BCUT2D eigenvalue weighted by atomic mass is 10.3. The van der Waals surface area contributed by atoms with Gasteiger partial charge in [-0.1, -0.05) is 0 Å². The van der Waals surface area contributed by atoms with Crippen molar-refractivity contribution in [1.29, 1.82) is 0 Å². The maximum Gasteiger partial charge on any atom is 0.267 e. The van der Waals surface area contributed by atoms with Gasteiger partial charge >= 0.3 is 0 Å². The van der Waals surface area contributed by atoms with Gasteiger partial charge in [-0.2, -0.15) is 0 Å². The molecule has 0 aliphatic rings. The molecule has 1 N–H and O–H groups in total. The second kappa shape index (κ2) is 7.58. The van der Waals surface area contributed by atoms with Crippen LogP contribution in [0.25, 0.3) is 0 Å². The number of hydrogen-bond donors (Lipinski definition) is 1. The molecule has 9 heteroatoms. The number of rotatable bonds is 6. The summed E-state index contributed by atoms with van der Waals surface area (Å²) in [5, 5.41) is 2.69. The van der Waals surface area contributed by atoms with Crippen molar-refractivity contribution in [3.8, 4) is 5.75 Å². The van der Waals surface area contributed by atoms with Crippen LogP contribution in [-0.2, 0) is 16.6 Å². The van der Waals surface area contributed by atoms with Gasteiger partial charge in [0.2, 0.25) is 0 Å². The van der Waals surface area contributed by atoms with Gasteiger partial charge in [0.05, 0.1) is 41.7 Å². The summed E-state index contributed by atoms with van der Waals surface area (Å²) >= 11 is 0. The van der Waals surface area contributed by atoms with E-state index in [1.54, 1.807) is 24.5 Å². The second-order valence-electron chi connectivity index (χ2n) is 5.74. The van der Waals surface area contributed by atoms with Crippen molar-refractivity contribution in [1.82, 2.24) is 19.3 Å². The van der Waals surface area contributed by atoms with Gasteiger partial charge in [0, 0.05) is 18.6 Å². The number of ether oxygens (including phenoxy) is 1. The van der Waals surface area contributed by atoms with Crippen LogP contribution < -0.4 is 10.1 Å². The smallest absolute Gasteiger partial charge is 0.267 e. The number of hydrogen-bond acceptors (Lipinski definition) is 6. The molecule has 1 amide bonds. The van der Waals surface area contributed by atoms with Crippen LogP contribution in [0.1, 0.15) is 21.7 Å². The Morgan fingerprint density at radius 2 is 1.89 bits per heavy atom. The van der Waals surface area contributed by atoms with Crippen molar-refractivity contribution in [3.05, 3.63) is 72.1 Å². The van der Waals surface area contributed by atoms with Crippen molar-refractivity contribution < 1.29 is 17.9 Å². The minimum Gasteiger partial charge on any atom is -0.497 e. The Morgan fingerprint density at radius 3 is 2.52 bits per heavy atom. The molecule has 8 nitrogen and oxygen atoms in total. The first-order valence-electron chi connectivity index (χ1n) is 8.03. The van der Waals surface area contributed by atoms with Crippen molar-refractivity contribution in [3.63, 3.8) is 0 Å². The van der Waals surface area contributed by atoms with Gasteiger partial charge in [-0.25, -0.2) is 12.4 Å². The van der Waals surface area contributed by atoms with Crippen LogP contribution in [-0.4, -0.2) is 35.4 Å². The van der Waals surface area contributed by atoms with E-state index in [1.165, 1.54) is 37.7 Å². The topological polar surface area (TPSA) is 103 Å². The molecule has 0 unspecified atom stereocenters. The molecular formula is C18H18N4O4S. The number of benzene rings is 1. The number of aryl methyl sites for hydroxylation is 1. The molecule has 0 spiro atoms. The fourth-order valence-corrected chi connectivity index (χ4v) is 3.51. The van der Waals surface area contributed by atoms with Crippen LogP contribution in [0.5, 0.6) is 5.75 Å². The average molecular weight is 386 g/mol. The molecule has 0 fully saturated rings. The van der Waals surface area contributed by atoms with Crippen LogP contribution in [0.15, 0.2) is 60.0 Å². The zero-order chi connectivity index (χ0) is 19.4. The van der Waals surface area contributed by atoms with E-state index in [-0.39, 0.29) is 17.0 Å². The molecular weight excluding hydrogens is 368 g/mol. The quantitative estimate of drug-likeness (QED) is 0.692. The van der Waals surface area contributed by atoms with Crippen LogP contribution in [0.2, 0.25) is 0 Å². The van der Waals surface area contributed by atoms with Gasteiger partial charge in [-0.3, -0.25) is 14.8 Å². The molecule has 140 valence electrons. The van der Waals surface area contributed by atoms with Crippen molar-refractivity contribution in [2.75, 3.05) is 7.11 Å². The Kier molecular flexibility index (Phi) is 5.22. The van der Waals surface area contributed by atoms with Crippen LogP contribution in [0, 0.1) is 6.92 Å². The fourth-order valence-electron chi connectivity index (χ4n) is 2.31. The number of amides is 1. The highest BCUT2D eigenvalue weighted by molar-refractivity contribution is 7.90. The zero-order valence-corrected chi connectivity index (χ0v) is 15.6. The molecule has 0 saturated heterocycles. The van der Waals surface area contributed by atoms with E-state index >= 15 is 0 Å². The molecule has 0 bridgehead atoms. The van der Waals surface area contributed by atoms with Gasteiger partial charge in [0.15, 0.2) is 0 Å². The number of carbonyl (C=O) groups is 1. The van der Waals surface area contributed by atoms with Crippen molar-refractivity contribution >= 4 is 15.9 Å². The molecule has 0 aliphatic carbocycles. The lowest BCUT2D eigenvalue weighted by Crippen LogP contribution is -2.23. The molecule has 0 radical (unpaired) electrons. The van der Waals surface area contributed by atoms with E-state index < -0.39 is 15.9 Å². The number of nitrogens with zero attached hydrogens (tertiary/aromatic N) is 3. The largest absolute Gasteiger partial charge is 0.497 e. The summed E-state index contributed by atoms with van der Waals surface area (Å²) in [5.41, 5.74) is 1.62. The summed E-state index contributed by atoms with van der Waals surface area (Å²) in [5.74, 6) is 0.154. The lowest BCUT2D eigenvalue weighted by Gasteiger charge is -2.07. The van der Waals surface area contributed by atoms with Gasteiger partial charge < -0.3 is 10.1 Å². The number of aromatic nitrogens is 3. The van der Waals surface area contributed by atoms with Gasteiger partial charge in [0.25, 0.3) is 15.9 Å². The monoisotopic (exact) mass is 386 g/mol. The first-order chi connectivity index (χ1) is 12.9. The average Bonchev–Trinajstić information content (AvgIpc) is 3.18. The normalized spacial score (nSPS) is 11.2. The van der Waals surface area contributed by atoms with E-state index in [2.05, 4.69) is 15.3 Å². The summed E-state index contributed by atoms with van der Waals surface area (Å²) in [4.78, 5) is 20.6. The third-order valence-electron chi connectivity index (χ3n) is 3.83.